The van der Waals surface area contributed by atoms with Crippen LogP contribution in [0.1, 0.15) is 34.0 Å². The SMILES string of the molecule is CCOC(=O)c1c(C)c2c(c(-c3ccccc3)c1-c1c(OC)ccc3ccccc13)COC2. The summed E-state index contributed by atoms with van der Waals surface area (Å²) in [4.78, 5) is 13.5. The molecule has 0 radical (unpaired) electrons. The molecule has 1 aliphatic rings. The number of hydrogen-bond acceptors (Lipinski definition) is 4. The summed E-state index contributed by atoms with van der Waals surface area (Å²) < 4.78 is 17.4. The van der Waals surface area contributed by atoms with E-state index in [1.165, 1.54) is 0 Å². The van der Waals surface area contributed by atoms with Gasteiger partial charge in [0.05, 0.1) is 32.5 Å². The molecule has 0 amide bonds. The van der Waals surface area contributed by atoms with Crippen molar-refractivity contribution in [3.05, 3.63) is 89.0 Å². The van der Waals surface area contributed by atoms with E-state index < -0.39 is 0 Å². The van der Waals surface area contributed by atoms with Gasteiger partial charge in [0.15, 0.2) is 0 Å². The highest BCUT2D eigenvalue weighted by Gasteiger charge is 2.32. The van der Waals surface area contributed by atoms with Crippen LogP contribution in [0.2, 0.25) is 0 Å². The molecule has 5 rings (SSSR count). The fourth-order valence-electron chi connectivity index (χ4n) is 4.91. The molecule has 0 aromatic heterocycles. The summed E-state index contributed by atoms with van der Waals surface area (Å²) in [7, 11) is 1.67. The zero-order valence-corrected chi connectivity index (χ0v) is 19.1. The summed E-state index contributed by atoms with van der Waals surface area (Å²) in [5.41, 5.74) is 7.46. The average Bonchev–Trinajstić information content (AvgIpc) is 3.34. The van der Waals surface area contributed by atoms with E-state index in [1.54, 1.807) is 7.11 Å². The molecule has 0 bridgehead atoms. The van der Waals surface area contributed by atoms with Gasteiger partial charge in [-0.1, -0.05) is 60.7 Å². The highest BCUT2D eigenvalue weighted by atomic mass is 16.5. The number of fused-ring (bicyclic) bond motifs is 2. The van der Waals surface area contributed by atoms with Gasteiger partial charge >= 0.3 is 5.97 Å². The zero-order chi connectivity index (χ0) is 22.9. The predicted molar refractivity (Wildman–Crippen MR) is 131 cm³/mol. The lowest BCUT2D eigenvalue weighted by Crippen LogP contribution is -2.13. The van der Waals surface area contributed by atoms with E-state index >= 15 is 0 Å². The van der Waals surface area contributed by atoms with Gasteiger partial charge in [-0.2, -0.15) is 0 Å². The maximum absolute atomic E-state index is 13.5. The molecule has 0 aliphatic carbocycles. The van der Waals surface area contributed by atoms with Gasteiger partial charge in [0, 0.05) is 11.1 Å². The minimum Gasteiger partial charge on any atom is -0.496 e. The van der Waals surface area contributed by atoms with E-state index in [-0.39, 0.29) is 5.97 Å². The van der Waals surface area contributed by atoms with Crippen LogP contribution in [-0.2, 0) is 22.7 Å². The Morgan fingerprint density at radius 3 is 2.36 bits per heavy atom. The number of hydrogen-bond donors (Lipinski definition) is 0. The molecule has 1 heterocycles. The third-order valence-electron chi connectivity index (χ3n) is 6.39. The van der Waals surface area contributed by atoms with Crippen LogP contribution >= 0.6 is 0 Å². The molecule has 1 aliphatic heterocycles. The number of ether oxygens (including phenoxy) is 3. The van der Waals surface area contributed by atoms with Crippen LogP contribution in [0, 0.1) is 6.92 Å². The summed E-state index contributed by atoms with van der Waals surface area (Å²) in [5.74, 6) is 0.390. The Kier molecular flexibility index (Phi) is 5.61. The van der Waals surface area contributed by atoms with E-state index in [4.69, 9.17) is 14.2 Å². The first-order valence-electron chi connectivity index (χ1n) is 11.2. The van der Waals surface area contributed by atoms with Crippen molar-refractivity contribution in [2.45, 2.75) is 27.1 Å². The summed E-state index contributed by atoms with van der Waals surface area (Å²) in [6.07, 6.45) is 0. The molecule has 0 fully saturated rings. The van der Waals surface area contributed by atoms with Crippen LogP contribution in [0.5, 0.6) is 5.75 Å². The fraction of sp³-hybridized carbons (Fsp3) is 0.207. The number of methoxy groups -OCH3 is 1. The lowest BCUT2D eigenvalue weighted by molar-refractivity contribution is 0.0526. The smallest absolute Gasteiger partial charge is 0.339 e. The molecular formula is C29H26O4. The minimum atomic E-state index is -0.327. The summed E-state index contributed by atoms with van der Waals surface area (Å²) >= 11 is 0. The fourth-order valence-corrected chi connectivity index (χ4v) is 4.91. The third-order valence-corrected chi connectivity index (χ3v) is 6.39. The van der Waals surface area contributed by atoms with Gasteiger partial charge in [0.25, 0.3) is 0 Å². The van der Waals surface area contributed by atoms with E-state index in [1.807, 2.05) is 56.3 Å². The minimum absolute atomic E-state index is 0.304. The summed E-state index contributed by atoms with van der Waals surface area (Å²) in [5, 5.41) is 2.11. The van der Waals surface area contributed by atoms with Gasteiger partial charge < -0.3 is 14.2 Å². The van der Waals surface area contributed by atoms with Crippen molar-refractivity contribution in [1.29, 1.82) is 0 Å². The third kappa shape index (κ3) is 3.47. The van der Waals surface area contributed by atoms with Crippen LogP contribution in [0.4, 0.5) is 0 Å². The standard InChI is InChI=1S/C29H26O4/c1-4-33-29(30)25-18(2)22-16-32-17-23(22)26(20-11-6-5-7-12-20)28(25)27-21-13-9-8-10-19(21)14-15-24(27)31-3/h5-15H,4,16-17H2,1-3H3. The Hall–Kier alpha value is -3.63. The largest absolute Gasteiger partial charge is 0.496 e. The van der Waals surface area contributed by atoms with Crippen molar-refractivity contribution in [2.24, 2.45) is 0 Å². The molecule has 4 nitrogen and oxygen atoms in total. The highest BCUT2D eigenvalue weighted by Crippen LogP contribution is 2.49. The van der Waals surface area contributed by atoms with Gasteiger partial charge in [-0.15, -0.1) is 0 Å². The molecule has 33 heavy (non-hydrogen) atoms. The number of carbonyl (C=O) groups excluding carboxylic acids is 1. The predicted octanol–water partition coefficient (Wildman–Crippen LogP) is 6.70. The van der Waals surface area contributed by atoms with Crippen LogP contribution in [-0.4, -0.2) is 19.7 Å². The Labute approximate surface area is 193 Å². The van der Waals surface area contributed by atoms with Crippen molar-refractivity contribution >= 4 is 16.7 Å². The van der Waals surface area contributed by atoms with Crippen LogP contribution in [0.15, 0.2) is 66.7 Å². The molecule has 0 saturated carbocycles. The van der Waals surface area contributed by atoms with Gasteiger partial charge in [0.2, 0.25) is 0 Å². The lowest BCUT2D eigenvalue weighted by Gasteiger charge is -2.23. The maximum atomic E-state index is 13.5. The van der Waals surface area contributed by atoms with Gasteiger partial charge in [-0.25, -0.2) is 4.79 Å². The molecule has 4 aromatic rings. The van der Waals surface area contributed by atoms with Crippen molar-refractivity contribution in [3.63, 3.8) is 0 Å². The normalized spacial score (nSPS) is 12.6. The lowest BCUT2D eigenvalue weighted by atomic mass is 9.80. The van der Waals surface area contributed by atoms with Crippen molar-refractivity contribution in [2.75, 3.05) is 13.7 Å². The Morgan fingerprint density at radius 1 is 0.879 bits per heavy atom. The number of benzene rings is 4. The number of esters is 1. The second-order valence-corrected chi connectivity index (χ2v) is 8.15. The van der Waals surface area contributed by atoms with Crippen molar-refractivity contribution in [1.82, 2.24) is 0 Å². The molecule has 0 N–H and O–H groups in total. The van der Waals surface area contributed by atoms with Crippen LogP contribution in [0.25, 0.3) is 33.0 Å². The van der Waals surface area contributed by atoms with Crippen molar-refractivity contribution < 1.29 is 19.0 Å². The second kappa shape index (κ2) is 8.72. The topological polar surface area (TPSA) is 44.8 Å². The molecule has 4 aromatic carbocycles. The van der Waals surface area contributed by atoms with Gasteiger partial charge in [-0.05, 0) is 58.5 Å². The van der Waals surface area contributed by atoms with E-state index in [0.29, 0.717) is 25.4 Å². The maximum Gasteiger partial charge on any atom is 0.339 e. The first-order chi connectivity index (χ1) is 16.2. The summed E-state index contributed by atoms with van der Waals surface area (Å²) in [6, 6.07) is 22.4. The van der Waals surface area contributed by atoms with Gasteiger partial charge in [0.1, 0.15) is 5.75 Å². The quantitative estimate of drug-likeness (QED) is 0.325. The van der Waals surface area contributed by atoms with E-state index in [0.717, 1.165) is 55.5 Å². The second-order valence-electron chi connectivity index (χ2n) is 8.15. The molecule has 166 valence electrons. The Balaban J connectivity index is 2.01. The van der Waals surface area contributed by atoms with E-state index in [9.17, 15) is 4.79 Å². The highest BCUT2D eigenvalue weighted by molar-refractivity contribution is 6.12. The molecule has 0 unspecified atom stereocenters. The van der Waals surface area contributed by atoms with Crippen LogP contribution < -0.4 is 4.74 Å². The zero-order valence-electron chi connectivity index (χ0n) is 19.1. The van der Waals surface area contributed by atoms with Crippen LogP contribution in [0.3, 0.4) is 0 Å². The first-order valence-corrected chi connectivity index (χ1v) is 11.2. The molecule has 0 saturated heterocycles. The molecular weight excluding hydrogens is 412 g/mol. The van der Waals surface area contributed by atoms with E-state index in [2.05, 4.69) is 24.3 Å². The van der Waals surface area contributed by atoms with Crippen molar-refractivity contribution in [3.8, 4) is 28.0 Å². The Morgan fingerprint density at radius 2 is 1.61 bits per heavy atom. The molecule has 0 atom stereocenters. The number of carbonyl (C=O) groups is 1. The monoisotopic (exact) mass is 438 g/mol. The number of rotatable bonds is 5. The van der Waals surface area contributed by atoms with Gasteiger partial charge in [-0.3, -0.25) is 0 Å². The average molecular weight is 439 g/mol. The summed E-state index contributed by atoms with van der Waals surface area (Å²) in [6.45, 7) is 5.12. The Bertz CT molecular complexity index is 1360. The molecule has 4 heteroatoms. The first kappa shape index (κ1) is 21.2. The molecule has 0 spiro atoms.